The molecule has 0 saturated heterocycles. The zero-order valence-corrected chi connectivity index (χ0v) is 12.9. The standard InChI is InChI=1S/C16H27NO3/c1-14(17-2)13-15-5-7-16(8-6-15)20-12-11-19-10-4-9-18-3/h5-8,14,17H,4,9-13H2,1-3H3. The quantitative estimate of drug-likeness (QED) is 0.632. The van der Waals surface area contributed by atoms with Crippen molar-refractivity contribution in [2.45, 2.75) is 25.8 Å². The molecule has 1 N–H and O–H groups in total. The van der Waals surface area contributed by atoms with Crippen LogP contribution in [0.5, 0.6) is 5.75 Å². The van der Waals surface area contributed by atoms with Crippen molar-refractivity contribution < 1.29 is 14.2 Å². The van der Waals surface area contributed by atoms with Crippen molar-refractivity contribution in [1.29, 1.82) is 0 Å². The molecule has 0 aliphatic rings. The molecule has 1 aromatic carbocycles. The van der Waals surface area contributed by atoms with E-state index in [1.54, 1.807) is 7.11 Å². The number of ether oxygens (including phenoxy) is 3. The molecule has 0 amide bonds. The van der Waals surface area contributed by atoms with Crippen LogP contribution >= 0.6 is 0 Å². The van der Waals surface area contributed by atoms with Crippen LogP contribution in [0.4, 0.5) is 0 Å². The largest absolute Gasteiger partial charge is 0.491 e. The van der Waals surface area contributed by atoms with Gasteiger partial charge in [-0.3, -0.25) is 0 Å². The summed E-state index contributed by atoms with van der Waals surface area (Å²) in [5.41, 5.74) is 1.31. The predicted molar refractivity (Wildman–Crippen MR) is 81.5 cm³/mol. The van der Waals surface area contributed by atoms with E-state index in [0.29, 0.717) is 19.3 Å². The lowest BCUT2D eigenvalue weighted by molar-refractivity contribution is 0.0806. The van der Waals surface area contributed by atoms with Gasteiger partial charge in [0.25, 0.3) is 0 Å². The Balaban J connectivity index is 2.15. The fraction of sp³-hybridized carbons (Fsp3) is 0.625. The molecule has 0 fully saturated rings. The van der Waals surface area contributed by atoms with Crippen LogP contribution in [0.1, 0.15) is 18.9 Å². The molecule has 4 heteroatoms. The van der Waals surface area contributed by atoms with Gasteiger partial charge in [0.15, 0.2) is 0 Å². The predicted octanol–water partition coefficient (Wildman–Crippen LogP) is 2.27. The van der Waals surface area contributed by atoms with Gasteiger partial charge in [-0.05, 0) is 44.5 Å². The first-order valence-corrected chi connectivity index (χ1v) is 7.22. The Morgan fingerprint density at radius 2 is 1.80 bits per heavy atom. The third-order valence-electron chi connectivity index (χ3n) is 3.09. The molecule has 0 aliphatic heterocycles. The number of hydrogen-bond donors (Lipinski definition) is 1. The summed E-state index contributed by atoms with van der Waals surface area (Å²) in [6.45, 7) is 4.83. The second-order valence-electron chi connectivity index (χ2n) is 4.84. The summed E-state index contributed by atoms with van der Waals surface area (Å²) >= 11 is 0. The van der Waals surface area contributed by atoms with Crippen LogP contribution in [0.25, 0.3) is 0 Å². The maximum absolute atomic E-state index is 5.63. The summed E-state index contributed by atoms with van der Waals surface area (Å²) in [7, 11) is 3.68. The first kappa shape index (κ1) is 17.0. The minimum atomic E-state index is 0.488. The highest BCUT2D eigenvalue weighted by atomic mass is 16.5. The van der Waals surface area contributed by atoms with Gasteiger partial charge in [0.05, 0.1) is 6.61 Å². The van der Waals surface area contributed by atoms with Crippen LogP contribution in [0.3, 0.4) is 0 Å². The van der Waals surface area contributed by atoms with Gasteiger partial charge in [-0.1, -0.05) is 12.1 Å². The number of nitrogens with one attached hydrogen (secondary N) is 1. The molecule has 20 heavy (non-hydrogen) atoms. The minimum absolute atomic E-state index is 0.488. The summed E-state index contributed by atoms with van der Waals surface area (Å²) in [5.74, 6) is 0.895. The molecule has 1 rings (SSSR count). The molecule has 0 saturated carbocycles. The lowest BCUT2D eigenvalue weighted by Crippen LogP contribution is -2.23. The van der Waals surface area contributed by atoms with Crippen molar-refractivity contribution in [1.82, 2.24) is 5.32 Å². The van der Waals surface area contributed by atoms with E-state index in [1.165, 1.54) is 5.56 Å². The van der Waals surface area contributed by atoms with Crippen molar-refractivity contribution in [2.75, 3.05) is 40.6 Å². The molecule has 0 heterocycles. The van der Waals surface area contributed by atoms with Gasteiger partial charge in [-0.25, -0.2) is 0 Å². The molecule has 0 radical (unpaired) electrons. The lowest BCUT2D eigenvalue weighted by atomic mass is 10.1. The van der Waals surface area contributed by atoms with Crippen molar-refractivity contribution in [2.24, 2.45) is 0 Å². The number of hydrogen-bond acceptors (Lipinski definition) is 4. The van der Waals surface area contributed by atoms with Crippen LogP contribution in [0.15, 0.2) is 24.3 Å². The van der Waals surface area contributed by atoms with Crippen LogP contribution in [0, 0.1) is 0 Å². The second-order valence-corrected chi connectivity index (χ2v) is 4.84. The molecular weight excluding hydrogens is 254 g/mol. The van der Waals surface area contributed by atoms with Crippen LogP contribution < -0.4 is 10.1 Å². The lowest BCUT2D eigenvalue weighted by Gasteiger charge is -2.11. The van der Waals surface area contributed by atoms with Gasteiger partial charge in [0.1, 0.15) is 12.4 Å². The fourth-order valence-electron chi connectivity index (χ4n) is 1.80. The maximum Gasteiger partial charge on any atom is 0.119 e. The third kappa shape index (κ3) is 7.48. The number of methoxy groups -OCH3 is 1. The first-order chi connectivity index (χ1) is 9.76. The molecule has 0 spiro atoms. The summed E-state index contributed by atoms with van der Waals surface area (Å²) in [6, 6.07) is 8.75. The van der Waals surface area contributed by atoms with Gasteiger partial charge < -0.3 is 19.5 Å². The topological polar surface area (TPSA) is 39.7 Å². The normalized spacial score (nSPS) is 12.3. The van der Waals surface area contributed by atoms with Crippen molar-refractivity contribution in [3.63, 3.8) is 0 Å². The van der Waals surface area contributed by atoms with E-state index in [-0.39, 0.29) is 0 Å². The molecule has 1 unspecified atom stereocenters. The minimum Gasteiger partial charge on any atom is -0.491 e. The first-order valence-electron chi connectivity index (χ1n) is 7.22. The average Bonchev–Trinajstić information content (AvgIpc) is 2.48. The Morgan fingerprint density at radius 3 is 2.45 bits per heavy atom. The average molecular weight is 281 g/mol. The van der Waals surface area contributed by atoms with Crippen LogP contribution in [-0.4, -0.2) is 46.6 Å². The Morgan fingerprint density at radius 1 is 1.05 bits per heavy atom. The van der Waals surface area contributed by atoms with Gasteiger partial charge in [-0.2, -0.15) is 0 Å². The SMILES string of the molecule is CNC(C)Cc1ccc(OCCOCCCOC)cc1. The van der Waals surface area contributed by atoms with Crippen molar-refractivity contribution in [3.8, 4) is 5.75 Å². The highest BCUT2D eigenvalue weighted by Gasteiger charge is 2.01. The third-order valence-corrected chi connectivity index (χ3v) is 3.09. The second kappa shape index (κ2) is 10.7. The molecule has 1 aromatic rings. The number of benzene rings is 1. The van der Waals surface area contributed by atoms with Crippen molar-refractivity contribution in [3.05, 3.63) is 29.8 Å². The van der Waals surface area contributed by atoms with E-state index in [1.807, 2.05) is 19.2 Å². The highest BCUT2D eigenvalue weighted by Crippen LogP contribution is 2.13. The van der Waals surface area contributed by atoms with Gasteiger partial charge in [-0.15, -0.1) is 0 Å². The van der Waals surface area contributed by atoms with E-state index < -0.39 is 0 Å². The monoisotopic (exact) mass is 281 g/mol. The zero-order chi connectivity index (χ0) is 14.6. The molecule has 4 nitrogen and oxygen atoms in total. The number of likely N-dealkylation sites (N-methyl/N-ethyl adjacent to an activating group) is 1. The van der Waals surface area contributed by atoms with E-state index in [9.17, 15) is 0 Å². The summed E-state index contributed by atoms with van der Waals surface area (Å²) in [4.78, 5) is 0. The van der Waals surface area contributed by atoms with E-state index in [2.05, 4.69) is 24.4 Å². The Hall–Kier alpha value is -1.10. The summed E-state index contributed by atoms with van der Waals surface area (Å²) < 4.78 is 16.0. The Labute approximate surface area is 122 Å². The van der Waals surface area contributed by atoms with Gasteiger partial charge >= 0.3 is 0 Å². The molecule has 1 atom stereocenters. The van der Waals surface area contributed by atoms with Gasteiger partial charge in [0, 0.05) is 26.4 Å². The molecule has 0 aliphatic carbocycles. The van der Waals surface area contributed by atoms with E-state index in [0.717, 1.165) is 31.8 Å². The molecular formula is C16H27NO3. The fourth-order valence-corrected chi connectivity index (χ4v) is 1.80. The molecule has 0 bridgehead atoms. The zero-order valence-electron chi connectivity index (χ0n) is 12.9. The van der Waals surface area contributed by atoms with Gasteiger partial charge in [0.2, 0.25) is 0 Å². The Kier molecular flexibility index (Phi) is 9.04. The smallest absolute Gasteiger partial charge is 0.119 e. The number of rotatable bonds is 11. The van der Waals surface area contributed by atoms with Crippen LogP contribution in [0.2, 0.25) is 0 Å². The summed E-state index contributed by atoms with van der Waals surface area (Å²) in [6.07, 6.45) is 1.95. The maximum atomic E-state index is 5.63. The Bertz CT molecular complexity index is 340. The van der Waals surface area contributed by atoms with Crippen LogP contribution in [-0.2, 0) is 15.9 Å². The van der Waals surface area contributed by atoms with E-state index >= 15 is 0 Å². The van der Waals surface area contributed by atoms with Crippen molar-refractivity contribution >= 4 is 0 Å². The highest BCUT2D eigenvalue weighted by molar-refractivity contribution is 5.27. The summed E-state index contributed by atoms with van der Waals surface area (Å²) in [5, 5.41) is 3.23. The van der Waals surface area contributed by atoms with E-state index in [4.69, 9.17) is 14.2 Å². The molecule has 0 aromatic heterocycles. The molecule has 114 valence electrons.